The van der Waals surface area contributed by atoms with Crippen molar-refractivity contribution in [2.45, 2.75) is 39.3 Å². The summed E-state index contributed by atoms with van der Waals surface area (Å²) >= 11 is 6.23. The minimum absolute atomic E-state index is 0.346. The van der Waals surface area contributed by atoms with E-state index in [1.54, 1.807) is 0 Å². The second-order valence-electron chi connectivity index (χ2n) is 5.94. The molecule has 0 unspecified atom stereocenters. The first-order valence-electron chi connectivity index (χ1n) is 7.56. The molecule has 1 aliphatic rings. The summed E-state index contributed by atoms with van der Waals surface area (Å²) in [6, 6.07) is 4.26. The molecule has 0 spiro atoms. The van der Waals surface area contributed by atoms with Crippen LogP contribution >= 0.6 is 11.6 Å². The quantitative estimate of drug-likeness (QED) is 0.875. The molecule has 0 saturated carbocycles. The molecule has 0 radical (unpaired) electrons. The number of pyridine rings is 2. The zero-order valence-electron chi connectivity index (χ0n) is 12.6. The molecule has 4 nitrogen and oxygen atoms in total. The van der Waals surface area contributed by atoms with Crippen LogP contribution in [0.15, 0.2) is 18.3 Å². The average Bonchev–Trinajstić information content (AvgIpc) is 2.92. The Balaban J connectivity index is 2.03. The van der Waals surface area contributed by atoms with E-state index in [0.29, 0.717) is 11.2 Å². The third-order valence-corrected chi connectivity index (χ3v) is 3.97. The second kappa shape index (κ2) is 6.16. The van der Waals surface area contributed by atoms with Crippen molar-refractivity contribution in [3.8, 4) is 0 Å². The molecular formula is C16H21ClN4. The predicted octanol–water partition coefficient (Wildman–Crippen LogP) is 3.70. The molecule has 3 heterocycles. The highest BCUT2D eigenvalue weighted by Crippen LogP contribution is 2.27. The van der Waals surface area contributed by atoms with E-state index in [1.807, 2.05) is 18.3 Å². The Hall–Kier alpha value is -1.39. The molecule has 0 atom stereocenters. The highest BCUT2D eigenvalue weighted by molar-refractivity contribution is 6.30. The predicted molar refractivity (Wildman–Crippen MR) is 87.8 cm³/mol. The molecular weight excluding hydrogens is 284 g/mol. The first kappa shape index (κ1) is 14.5. The number of anilines is 1. The zero-order valence-corrected chi connectivity index (χ0v) is 13.3. The van der Waals surface area contributed by atoms with Gasteiger partial charge in [-0.1, -0.05) is 11.6 Å². The summed E-state index contributed by atoms with van der Waals surface area (Å²) < 4.78 is 0. The maximum Gasteiger partial charge on any atom is 0.130 e. The van der Waals surface area contributed by atoms with Crippen molar-refractivity contribution in [1.29, 1.82) is 0 Å². The Morgan fingerprint density at radius 1 is 1.29 bits per heavy atom. The van der Waals surface area contributed by atoms with Gasteiger partial charge in [-0.25, -0.2) is 4.98 Å². The molecule has 0 bridgehead atoms. The fourth-order valence-corrected chi connectivity index (χ4v) is 3.10. The van der Waals surface area contributed by atoms with Gasteiger partial charge in [0.2, 0.25) is 0 Å². The zero-order chi connectivity index (χ0) is 14.8. The molecule has 5 heteroatoms. The molecule has 3 rings (SSSR count). The molecule has 1 N–H and O–H groups in total. The van der Waals surface area contributed by atoms with Crippen LogP contribution in [0.25, 0.3) is 11.0 Å². The number of likely N-dealkylation sites (tertiary alicyclic amines) is 1. The number of halogens is 1. The fourth-order valence-electron chi connectivity index (χ4n) is 2.88. The maximum atomic E-state index is 6.23. The third kappa shape index (κ3) is 3.27. The standard InChI is InChI=1S/C16H21ClN4/c1-11(2)19-13-5-6-18-15-12(9-14(17)20-16(13)15)10-21-7-3-4-8-21/h5-6,9,11H,3-4,7-8,10H2,1-2H3,(H,18,19). The molecule has 0 aliphatic carbocycles. The van der Waals surface area contributed by atoms with Crippen molar-refractivity contribution in [2.24, 2.45) is 0 Å². The summed E-state index contributed by atoms with van der Waals surface area (Å²) in [5.74, 6) is 0. The molecule has 21 heavy (non-hydrogen) atoms. The van der Waals surface area contributed by atoms with E-state index in [1.165, 1.54) is 18.4 Å². The number of nitrogens with one attached hydrogen (secondary N) is 1. The lowest BCUT2D eigenvalue weighted by molar-refractivity contribution is 0.332. The van der Waals surface area contributed by atoms with Crippen molar-refractivity contribution >= 4 is 28.3 Å². The fraction of sp³-hybridized carbons (Fsp3) is 0.500. The lowest BCUT2D eigenvalue weighted by Gasteiger charge is -2.17. The van der Waals surface area contributed by atoms with Gasteiger partial charge in [0.15, 0.2) is 0 Å². The molecule has 2 aromatic heterocycles. The average molecular weight is 305 g/mol. The van der Waals surface area contributed by atoms with Gasteiger partial charge < -0.3 is 5.32 Å². The Labute approximate surface area is 130 Å². The second-order valence-corrected chi connectivity index (χ2v) is 6.33. The van der Waals surface area contributed by atoms with Gasteiger partial charge in [0, 0.05) is 18.8 Å². The van der Waals surface area contributed by atoms with Gasteiger partial charge in [0.25, 0.3) is 0 Å². The van der Waals surface area contributed by atoms with E-state index < -0.39 is 0 Å². The van der Waals surface area contributed by atoms with Crippen LogP contribution in [-0.2, 0) is 6.54 Å². The van der Waals surface area contributed by atoms with Crippen molar-refractivity contribution < 1.29 is 0 Å². The smallest absolute Gasteiger partial charge is 0.130 e. The number of hydrogen-bond acceptors (Lipinski definition) is 4. The lowest BCUT2D eigenvalue weighted by atomic mass is 10.1. The topological polar surface area (TPSA) is 41.1 Å². The van der Waals surface area contributed by atoms with E-state index >= 15 is 0 Å². The van der Waals surface area contributed by atoms with Crippen LogP contribution in [0.2, 0.25) is 5.15 Å². The number of fused-ring (bicyclic) bond motifs is 1. The SMILES string of the molecule is CC(C)Nc1ccnc2c(CN3CCCC3)cc(Cl)nc12. The molecule has 1 fully saturated rings. The van der Waals surface area contributed by atoms with Crippen LogP contribution in [-0.4, -0.2) is 34.0 Å². The first-order chi connectivity index (χ1) is 10.1. The van der Waals surface area contributed by atoms with Crippen LogP contribution in [0.5, 0.6) is 0 Å². The molecule has 112 valence electrons. The Bertz CT molecular complexity index is 635. The van der Waals surface area contributed by atoms with E-state index in [4.69, 9.17) is 11.6 Å². The van der Waals surface area contributed by atoms with Crippen LogP contribution in [0.4, 0.5) is 5.69 Å². The van der Waals surface area contributed by atoms with Gasteiger partial charge in [0.1, 0.15) is 10.7 Å². The third-order valence-electron chi connectivity index (χ3n) is 3.78. The van der Waals surface area contributed by atoms with Gasteiger partial charge >= 0.3 is 0 Å². The lowest BCUT2D eigenvalue weighted by Crippen LogP contribution is -2.19. The largest absolute Gasteiger partial charge is 0.381 e. The first-order valence-corrected chi connectivity index (χ1v) is 7.94. The maximum absolute atomic E-state index is 6.23. The van der Waals surface area contributed by atoms with Gasteiger partial charge in [0.05, 0.1) is 11.2 Å². The molecule has 1 saturated heterocycles. The summed E-state index contributed by atoms with van der Waals surface area (Å²) in [6.07, 6.45) is 4.41. The number of rotatable bonds is 4. The highest BCUT2D eigenvalue weighted by Gasteiger charge is 2.16. The van der Waals surface area contributed by atoms with Gasteiger partial charge in [-0.3, -0.25) is 9.88 Å². The Morgan fingerprint density at radius 2 is 2.05 bits per heavy atom. The van der Waals surface area contributed by atoms with Gasteiger partial charge in [-0.2, -0.15) is 0 Å². The Morgan fingerprint density at radius 3 is 2.76 bits per heavy atom. The monoisotopic (exact) mass is 304 g/mol. The summed E-state index contributed by atoms with van der Waals surface area (Å²) in [7, 11) is 0. The molecule has 1 aliphatic heterocycles. The van der Waals surface area contributed by atoms with Crippen LogP contribution in [0.1, 0.15) is 32.3 Å². The Kier molecular flexibility index (Phi) is 4.27. The van der Waals surface area contributed by atoms with Crippen molar-refractivity contribution in [1.82, 2.24) is 14.9 Å². The minimum atomic E-state index is 0.346. The normalized spacial score (nSPS) is 16.0. The summed E-state index contributed by atoms with van der Waals surface area (Å²) in [4.78, 5) is 11.5. The van der Waals surface area contributed by atoms with Gasteiger partial charge in [-0.05, 0) is 57.5 Å². The van der Waals surface area contributed by atoms with E-state index in [2.05, 4.69) is 34.0 Å². The van der Waals surface area contributed by atoms with Crippen molar-refractivity contribution in [3.05, 3.63) is 29.0 Å². The molecule has 0 aromatic carbocycles. The summed E-state index contributed by atoms with van der Waals surface area (Å²) in [5, 5.41) is 3.96. The number of nitrogens with zero attached hydrogens (tertiary/aromatic N) is 3. The van der Waals surface area contributed by atoms with E-state index in [-0.39, 0.29) is 0 Å². The van der Waals surface area contributed by atoms with Crippen LogP contribution in [0, 0.1) is 0 Å². The van der Waals surface area contributed by atoms with E-state index in [0.717, 1.165) is 36.4 Å². The minimum Gasteiger partial charge on any atom is -0.381 e. The van der Waals surface area contributed by atoms with E-state index in [9.17, 15) is 0 Å². The number of aromatic nitrogens is 2. The van der Waals surface area contributed by atoms with Gasteiger partial charge in [-0.15, -0.1) is 0 Å². The molecule has 2 aromatic rings. The summed E-state index contributed by atoms with van der Waals surface area (Å²) in [6.45, 7) is 7.44. The highest BCUT2D eigenvalue weighted by atomic mass is 35.5. The van der Waals surface area contributed by atoms with Crippen molar-refractivity contribution in [3.63, 3.8) is 0 Å². The number of hydrogen-bond donors (Lipinski definition) is 1. The van der Waals surface area contributed by atoms with Crippen molar-refractivity contribution in [2.75, 3.05) is 18.4 Å². The summed E-state index contributed by atoms with van der Waals surface area (Å²) in [5.41, 5.74) is 3.99. The van der Waals surface area contributed by atoms with Crippen LogP contribution in [0.3, 0.4) is 0 Å². The van der Waals surface area contributed by atoms with Crippen LogP contribution < -0.4 is 5.32 Å². The molecule has 0 amide bonds.